The van der Waals surface area contributed by atoms with Gasteiger partial charge in [0.2, 0.25) is 0 Å². The third kappa shape index (κ3) is 2.56. The molecule has 0 spiro atoms. The van der Waals surface area contributed by atoms with Crippen molar-refractivity contribution in [3.63, 3.8) is 0 Å². The fraction of sp³-hybridized carbons (Fsp3) is 0.286. The van der Waals surface area contributed by atoms with Crippen molar-refractivity contribution >= 4 is 17.7 Å². The summed E-state index contributed by atoms with van der Waals surface area (Å²) in [4.78, 5) is 26.6. The van der Waals surface area contributed by atoms with Gasteiger partial charge >= 0.3 is 12.0 Å². The SMILES string of the molecule is COc1cc(C2NC(=O)N=C(C)C2C(=O)O)cc(C#N)c1O. The molecule has 1 heterocycles. The fourth-order valence-corrected chi connectivity index (χ4v) is 2.37. The average Bonchev–Trinajstić information content (AvgIpc) is 2.46. The minimum atomic E-state index is -1.16. The second kappa shape index (κ2) is 5.73. The van der Waals surface area contributed by atoms with Crippen molar-refractivity contribution < 1.29 is 24.5 Å². The van der Waals surface area contributed by atoms with Crippen molar-refractivity contribution in [3.05, 3.63) is 23.3 Å². The molecule has 8 heteroatoms. The first-order chi connectivity index (χ1) is 10.4. The lowest BCUT2D eigenvalue weighted by Gasteiger charge is -2.28. The van der Waals surface area contributed by atoms with E-state index in [0.29, 0.717) is 5.56 Å². The van der Waals surface area contributed by atoms with E-state index in [1.807, 2.05) is 0 Å². The number of hydrogen-bond donors (Lipinski definition) is 3. The lowest BCUT2D eigenvalue weighted by Crippen LogP contribution is -2.43. The van der Waals surface area contributed by atoms with Crippen LogP contribution in [0.3, 0.4) is 0 Å². The van der Waals surface area contributed by atoms with E-state index in [0.717, 1.165) is 0 Å². The van der Waals surface area contributed by atoms with Crippen LogP contribution in [0.1, 0.15) is 24.1 Å². The first kappa shape index (κ1) is 15.3. The van der Waals surface area contributed by atoms with Crippen molar-refractivity contribution in [2.75, 3.05) is 7.11 Å². The van der Waals surface area contributed by atoms with Gasteiger partial charge in [0.05, 0.1) is 18.7 Å². The molecule has 2 unspecified atom stereocenters. The number of rotatable bonds is 3. The van der Waals surface area contributed by atoms with Gasteiger partial charge in [-0.1, -0.05) is 0 Å². The second-order valence-corrected chi connectivity index (χ2v) is 4.73. The zero-order chi connectivity index (χ0) is 16.4. The number of aromatic hydroxyl groups is 1. The van der Waals surface area contributed by atoms with Crippen LogP contribution in [0.15, 0.2) is 17.1 Å². The van der Waals surface area contributed by atoms with Gasteiger partial charge < -0.3 is 20.3 Å². The van der Waals surface area contributed by atoms with E-state index in [1.165, 1.54) is 26.2 Å². The van der Waals surface area contributed by atoms with Crippen LogP contribution in [-0.2, 0) is 4.79 Å². The molecule has 0 radical (unpaired) electrons. The van der Waals surface area contributed by atoms with Gasteiger partial charge in [-0.25, -0.2) is 9.79 Å². The number of phenolic OH excluding ortho intramolecular Hbond substituents is 1. The van der Waals surface area contributed by atoms with Crippen LogP contribution in [0.5, 0.6) is 11.5 Å². The highest BCUT2D eigenvalue weighted by molar-refractivity contribution is 6.07. The molecule has 0 saturated carbocycles. The van der Waals surface area contributed by atoms with Crippen LogP contribution in [0.4, 0.5) is 4.79 Å². The molecular formula is C14H13N3O5. The predicted octanol–water partition coefficient (Wildman–Crippen LogP) is 1.20. The number of nitrogens with zero attached hydrogens (tertiary/aromatic N) is 2. The van der Waals surface area contributed by atoms with Gasteiger partial charge in [-0.2, -0.15) is 5.26 Å². The summed E-state index contributed by atoms with van der Waals surface area (Å²) in [6, 6.07) is 2.92. The van der Waals surface area contributed by atoms with Gasteiger partial charge in [-0.15, -0.1) is 0 Å². The molecule has 0 fully saturated rings. The third-order valence-electron chi connectivity index (χ3n) is 3.40. The highest BCUT2D eigenvalue weighted by Crippen LogP contribution is 2.36. The number of methoxy groups -OCH3 is 1. The molecule has 1 aliphatic heterocycles. The molecule has 114 valence electrons. The van der Waals surface area contributed by atoms with Crippen molar-refractivity contribution in [3.8, 4) is 17.6 Å². The summed E-state index contributed by atoms with van der Waals surface area (Å²) in [5, 5.41) is 30.7. The maximum Gasteiger partial charge on any atom is 0.341 e. The lowest BCUT2D eigenvalue weighted by atomic mass is 9.87. The number of carbonyl (C=O) groups is 2. The third-order valence-corrected chi connectivity index (χ3v) is 3.40. The molecule has 0 aromatic heterocycles. The Morgan fingerprint density at radius 1 is 1.50 bits per heavy atom. The molecule has 1 aliphatic rings. The largest absolute Gasteiger partial charge is 0.503 e. The Balaban J connectivity index is 2.59. The standard InChI is InChI=1S/C14H13N3O5/c1-6-10(13(19)20)11(17-14(21)16-6)7-3-8(5-15)12(18)9(4-7)22-2/h3-4,10-11,18H,1-2H3,(H,17,21)(H,19,20). The van der Waals surface area contributed by atoms with Crippen LogP contribution in [0, 0.1) is 17.2 Å². The van der Waals surface area contributed by atoms with Crippen LogP contribution < -0.4 is 10.1 Å². The Kier molecular flexibility index (Phi) is 3.99. The molecule has 8 nitrogen and oxygen atoms in total. The fourth-order valence-electron chi connectivity index (χ4n) is 2.37. The lowest BCUT2D eigenvalue weighted by molar-refractivity contribution is -0.140. The number of phenols is 1. The summed E-state index contributed by atoms with van der Waals surface area (Å²) in [6.07, 6.45) is 0. The second-order valence-electron chi connectivity index (χ2n) is 4.73. The van der Waals surface area contributed by atoms with E-state index in [4.69, 9.17) is 10.00 Å². The Hall–Kier alpha value is -3.08. The first-order valence-corrected chi connectivity index (χ1v) is 6.28. The number of urea groups is 1. The van der Waals surface area contributed by atoms with Crippen molar-refractivity contribution in [2.24, 2.45) is 10.9 Å². The van der Waals surface area contributed by atoms with Crippen LogP contribution >= 0.6 is 0 Å². The highest BCUT2D eigenvalue weighted by atomic mass is 16.5. The Bertz CT molecular complexity index is 720. The number of ether oxygens (including phenoxy) is 1. The predicted molar refractivity (Wildman–Crippen MR) is 74.9 cm³/mol. The normalized spacial score (nSPS) is 20.6. The molecule has 1 aromatic carbocycles. The molecular weight excluding hydrogens is 290 g/mol. The summed E-state index contributed by atoms with van der Waals surface area (Å²) in [5.74, 6) is -2.55. The van der Waals surface area contributed by atoms with Crippen LogP contribution in [0.2, 0.25) is 0 Å². The summed E-state index contributed by atoms with van der Waals surface area (Å²) in [5.41, 5.74) is 0.418. The number of nitriles is 1. The smallest absolute Gasteiger partial charge is 0.341 e. The molecule has 22 heavy (non-hydrogen) atoms. The molecule has 0 aliphatic carbocycles. The van der Waals surface area contributed by atoms with E-state index in [9.17, 15) is 19.8 Å². The number of aliphatic imine (C=N–C) groups is 1. The van der Waals surface area contributed by atoms with Gasteiger partial charge in [0.25, 0.3) is 0 Å². The quantitative estimate of drug-likeness (QED) is 0.768. The Morgan fingerprint density at radius 3 is 2.73 bits per heavy atom. The molecule has 2 rings (SSSR count). The first-order valence-electron chi connectivity index (χ1n) is 6.28. The van der Waals surface area contributed by atoms with Crippen LogP contribution in [-0.4, -0.2) is 35.0 Å². The summed E-state index contributed by atoms with van der Waals surface area (Å²) in [6.45, 7) is 1.45. The zero-order valence-corrected chi connectivity index (χ0v) is 11.8. The van der Waals surface area contributed by atoms with Crippen molar-refractivity contribution in [1.29, 1.82) is 5.26 Å². The number of carboxylic acids is 1. The van der Waals surface area contributed by atoms with Gasteiger partial charge in [0.1, 0.15) is 12.0 Å². The molecule has 0 bridgehead atoms. The van der Waals surface area contributed by atoms with Gasteiger partial charge in [-0.05, 0) is 24.6 Å². The molecule has 2 amide bonds. The number of nitrogens with one attached hydrogen (secondary N) is 1. The minimum absolute atomic E-state index is 0.0209. The number of aliphatic carboxylic acids is 1. The number of carbonyl (C=O) groups excluding carboxylic acids is 1. The zero-order valence-electron chi connectivity index (χ0n) is 11.8. The van der Waals surface area contributed by atoms with Crippen molar-refractivity contribution in [2.45, 2.75) is 13.0 Å². The van der Waals surface area contributed by atoms with Crippen molar-refractivity contribution in [1.82, 2.24) is 5.32 Å². The summed E-state index contributed by atoms with van der Waals surface area (Å²) < 4.78 is 4.98. The minimum Gasteiger partial charge on any atom is -0.503 e. The number of amides is 2. The van der Waals surface area contributed by atoms with E-state index in [-0.39, 0.29) is 22.8 Å². The molecule has 1 aromatic rings. The van der Waals surface area contributed by atoms with Crippen LogP contribution in [0.25, 0.3) is 0 Å². The maximum absolute atomic E-state index is 11.6. The van der Waals surface area contributed by atoms with E-state index >= 15 is 0 Å². The number of benzene rings is 1. The molecule has 2 atom stereocenters. The Labute approximate surface area is 125 Å². The number of hydrogen-bond acceptors (Lipinski definition) is 5. The summed E-state index contributed by atoms with van der Waals surface area (Å²) >= 11 is 0. The molecule has 3 N–H and O–H groups in total. The van der Waals surface area contributed by atoms with Gasteiger partial charge in [-0.3, -0.25) is 4.79 Å². The topological polar surface area (TPSA) is 132 Å². The van der Waals surface area contributed by atoms with E-state index in [1.54, 1.807) is 6.07 Å². The van der Waals surface area contributed by atoms with Gasteiger partial charge in [0.15, 0.2) is 11.5 Å². The molecule has 0 saturated heterocycles. The maximum atomic E-state index is 11.6. The van der Waals surface area contributed by atoms with Gasteiger partial charge in [0, 0.05) is 5.71 Å². The summed E-state index contributed by atoms with van der Waals surface area (Å²) in [7, 11) is 1.31. The Morgan fingerprint density at radius 2 is 2.18 bits per heavy atom. The van der Waals surface area contributed by atoms with E-state index in [2.05, 4.69) is 10.3 Å². The monoisotopic (exact) mass is 303 g/mol. The highest BCUT2D eigenvalue weighted by Gasteiger charge is 2.37. The number of carboxylic acid groups (broad SMARTS) is 1. The van der Waals surface area contributed by atoms with E-state index < -0.39 is 24.0 Å². The average molecular weight is 303 g/mol.